The van der Waals surface area contributed by atoms with Crippen molar-refractivity contribution in [2.45, 2.75) is 144 Å². The topological polar surface area (TPSA) is 49.8 Å². The molecule has 2 heterocycles. The molecule has 12 atom stereocenters. The number of aliphatic hydroxyl groups is 1. The minimum Gasteiger partial charge on any atom is -0.393 e. The molecule has 6 rings (SSSR count). The van der Waals surface area contributed by atoms with Crippen LogP contribution in [-0.2, 0) is 9.53 Å². The number of aliphatic hydroxyl groups excluding tert-OH is 1. The van der Waals surface area contributed by atoms with Gasteiger partial charge in [-0.1, -0.05) is 55.4 Å². The van der Waals surface area contributed by atoms with Crippen LogP contribution in [-0.4, -0.2) is 40.4 Å². The molecule has 0 radical (unpaired) electrons. The summed E-state index contributed by atoms with van der Waals surface area (Å²) in [6.07, 6.45) is 12.3. The summed E-state index contributed by atoms with van der Waals surface area (Å²) in [7, 11) is 0. The second-order valence-corrected chi connectivity index (χ2v) is 16.7. The average molecular weight is 514 g/mol. The molecule has 0 aromatic carbocycles. The van der Waals surface area contributed by atoms with E-state index < -0.39 is 5.72 Å². The van der Waals surface area contributed by atoms with Crippen molar-refractivity contribution in [2.75, 3.05) is 6.54 Å². The third-order valence-corrected chi connectivity index (χ3v) is 16.2. The Kier molecular flexibility index (Phi) is 5.30. The molecule has 6 aliphatic rings. The van der Waals surface area contributed by atoms with Crippen LogP contribution in [0.2, 0.25) is 0 Å². The molecule has 37 heavy (non-hydrogen) atoms. The normalized spacial score (nSPS) is 63.0. The average Bonchev–Trinajstić information content (AvgIpc) is 3.07. The van der Waals surface area contributed by atoms with E-state index in [1.54, 1.807) is 0 Å². The first kappa shape index (κ1) is 26.6. The van der Waals surface area contributed by atoms with Crippen molar-refractivity contribution in [3.63, 3.8) is 0 Å². The zero-order valence-corrected chi connectivity index (χ0v) is 25.4. The second kappa shape index (κ2) is 7.36. The summed E-state index contributed by atoms with van der Waals surface area (Å²) >= 11 is 0. The quantitative estimate of drug-likeness (QED) is 0.378. The van der Waals surface area contributed by atoms with Gasteiger partial charge in [-0.05, 0) is 110 Å². The highest BCUT2D eigenvalue weighted by atomic mass is 16.6. The van der Waals surface area contributed by atoms with Gasteiger partial charge in [0, 0.05) is 17.9 Å². The fourth-order valence-electron chi connectivity index (χ4n) is 13.3. The maximum Gasteiger partial charge on any atom is 0.211 e. The fraction of sp³-hybridized carbons (Fsp3) is 0.970. The van der Waals surface area contributed by atoms with Crippen molar-refractivity contribution in [3.05, 3.63) is 0 Å². The molecule has 0 aromatic heterocycles. The molecule has 0 bridgehead atoms. The molecule has 1 N–H and O–H groups in total. The van der Waals surface area contributed by atoms with E-state index in [2.05, 4.69) is 67.2 Å². The smallest absolute Gasteiger partial charge is 0.211 e. The van der Waals surface area contributed by atoms with Crippen LogP contribution in [0.15, 0.2) is 0 Å². The van der Waals surface area contributed by atoms with E-state index in [1.165, 1.54) is 25.7 Å². The van der Waals surface area contributed by atoms with Crippen LogP contribution in [0.1, 0.15) is 127 Å². The number of likely N-dealkylation sites (tertiary alicyclic amines) is 1. The van der Waals surface area contributed by atoms with Crippen LogP contribution in [0.25, 0.3) is 0 Å². The van der Waals surface area contributed by atoms with Crippen molar-refractivity contribution < 1.29 is 14.6 Å². The summed E-state index contributed by atoms with van der Waals surface area (Å²) in [5, 5.41) is 10.7. The molecule has 2 saturated heterocycles. The van der Waals surface area contributed by atoms with Gasteiger partial charge >= 0.3 is 0 Å². The minimum absolute atomic E-state index is 0.00231. The van der Waals surface area contributed by atoms with E-state index in [4.69, 9.17) is 4.74 Å². The summed E-state index contributed by atoms with van der Waals surface area (Å²) in [4.78, 5) is 14.5. The molecular weight excluding hydrogens is 458 g/mol. The van der Waals surface area contributed by atoms with Gasteiger partial charge in [0.25, 0.3) is 0 Å². The van der Waals surface area contributed by atoms with Crippen LogP contribution in [0.5, 0.6) is 0 Å². The monoisotopic (exact) mass is 513 g/mol. The minimum atomic E-state index is -0.459. The number of carbonyl (C=O) groups excluding carboxylic acids is 1. The lowest BCUT2D eigenvalue weighted by Gasteiger charge is -2.73. The summed E-state index contributed by atoms with van der Waals surface area (Å²) in [5.41, 5.74) is 0.392. The first-order valence-corrected chi connectivity index (χ1v) is 15.6. The molecule has 210 valence electrons. The number of piperidine rings is 1. The first-order chi connectivity index (χ1) is 17.0. The zero-order chi connectivity index (χ0) is 27.1. The summed E-state index contributed by atoms with van der Waals surface area (Å²) in [5.74, 6) is 1.50. The number of nitrogens with zero attached hydrogens (tertiary/aromatic N) is 1. The lowest BCUT2D eigenvalue weighted by Crippen LogP contribution is -2.67. The molecule has 4 nitrogen and oxygen atoms in total. The van der Waals surface area contributed by atoms with Crippen LogP contribution >= 0.6 is 0 Å². The standard InChI is InChI=1S/C33H55NO3/c1-22-10-15-33(34(19-22)21-35)23(2)32(9)30(7)17-16-27(4)25(28(30,5)20-31(32,8)37-33)12-13-26(3)18-24(36)11-14-29(26,27)6/h21-25,36H,10-20H2,1-9H3/t22-,23-,24-,25+,26-,27-,28-,29-,30-,31-,32+,33-/m0/s1. The van der Waals surface area contributed by atoms with E-state index in [1.807, 2.05) is 0 Å². The molecule has 4 heteroatoms. The molecule has 4 aliphatic carbocycles. The summed E-state index contributed by atoms with van der Waals surface area (Å²) in [6, 6.07) is 0. The first-order valence-electron chi connectivity index (χ1n) is 15.6. The number of carbonyl (C=O) groups is 1. The van der Waals surface area contributed by atoms with Gasteiger partial charge in [-0.15, -0.1) is 0 Å². The maximum absolute atomic E-state index is 12.4. The Morgan fingerprint density at radius 2 is 1.54 bits per heavy atom. The van der Waals surface area contributed by atoms with Gasteiger partial charge in [-0.25, -0.2) is 0 Å². The SMILES string of the molecule is C[C@H]1CC[C@@]2(O[C@@]3(C)C[C@@]4(C)[C@@H]5CC[C@@]6(C)C[C@@H](O)CC[C@]6(C)[C@@]5(C)CC[C@]4(C)[C@@]3(C)[C@@H]2C)N(C=O)C1. The van der Waals surface area contributed by atoms with Gasteiger partial charge in [0.1, 0.15) is 5.72 Å². The Hall–Kier alpha value is -0.610. The fourth-order valence-corrected chi connectivity index (χ4v) is 13.3. The number of fused-ring (bicyclic) bond motifs is 7. The predicted molar refractivity (Wildman–Crippen MR) is 148 cm³/mol. The van der Waals surface area contributed by atoms with Crippen LogP contribution in [0.4, 0.5) is 0 Å². The van der Waals surface area contributed by atoms with Crippen molar-refractivity contribution >= 4 is 6.41 Å². The van der Waals surface area contributed by atoms with Gasteiger partial charge < -0.3 is 14.7 Å². The van der Waals surface area contributed by atoms with Crippen LogP contribution in [0.3, 0.4) is 0 Å². The molecule has 0 aromatic rings. The third kappa shape index (κ3) is 2.63. The van der Waals surface area contributed by atoms with E-state index in [0.717, 1.165) is 51.5 Å². The van der Waals surface area contributed by atoms with Gasteiger partial charge in [-0.2, -0.15) is 0 Å². The molecule has 0 unspecified atom stereocenters. The number of amides is 1. The van der Waals surface area contributed by atoms with E-state index in [-0.39, 0.29) is 44.2 Å². The molecule has 2 aliphatic heterocycles. The molecule has 4 saturated carbocycles. The Bertz CT molecular complexity index is 1000. The Labute approximate surface area is 226 Å². The molecule has 1 amide bonds. The largest absolute Gasteiger partial charge is 0.393 e. The Morgan fingerprint density at radius 1 is 0.838 bits per heavy atom. The lowest BCUT2D eigenvalue weighted by molar-refractivity contribution is -0.258. The molecular formula is C33H55NO3. The predicted octanol–water partition coefficient (Wildman–Crippen LogP) is 7.19. The van der Waals surface area contributed by atoms with Crippen molar-refractivity contribution in [2.24, 2.45) is 50.2 Å². The maximum atomic E-state index is 12.4. The Morgan fingerprint density at radius 3 is 2.22 bits per heavy atom. The summed E-state index contributed by atoms with van der Waals surface area (Å²) < 4.78 is 7.43. The number of hydrogen-bond donors (Lipinski definition) is 1. The van der Waals surface area contributed by atoms with Gasteiger partial charge in [0.05, 0.1) is 11.7 Å². The van der Waals surface area contributed by atoms with Gasteiger partial charge in [0.15, 0.2) is 0 Å². The van der Waals surface area contributed by atoms with Crippen molar-refractivity contribution in [3.8, 4) is 0 Å². The van der Waals surface area contributed by atoms with Gasteiger partial charge in [0.2, 0.25) is 6.41 Å². The van der Waals surface area contributed by atoms with Crippen LogP contribution < -0.4 is 0 Å². The highest BCUT2D eigenvalue weighted by molar-refractivity contribution is 5.50. The van der Waals surface area contributed by atoms with Crippen LogP contribution in [0, 0.1) is 50.2 Å². The highest BCUT2D eigenvalue weighted by Crippen LogP contribution is 2.85. The molecule has 1 spiro atoms. The third-order valence-electron chi connectivity index (χ3n) is 16.2. The van der Waals surface area contributed by atoms with E-state index in [9.17, 15) is 9.90 Å². The number of rotatable bonds is 1. The van der Waals surface area contributed by atoms with E-state index >= 15 is 0 Å². The lowest BCUT2D eigenvalue weighted by atomic mass is 9.31. The number of hydrogen-bond acceptors (Lipinski definition) is 3. The molecule has 6 fully saturated rings. The second-order valence-electron chi connectivity index (χ2n) is 16.7. The zero-order valence-electron chi connectivity index (χ0n) is 25.4. The van der Waals surface area contributed by atoms with Crippen molar-refractivity contribution in [1.29, 1.82) is 0 Å². The number of ether oxygens (including phenoxy) is 1. The van der Waals surface area contributed by atoms with Crippen molar-refractivity contribution in [1.82, 2.24) is 4.90 Å². The summed E-state index contributed by atoms with van der Waals surface area (Å²) in [6.45, 7) is 23.6. The van der Waals surface area contributed by atoms with E-state index in [0.29, 0.717) is 17.8 Å². The highest BCUT2D eigenvalue weighted by Gasteiger charge is 2.84. The Balaban J connectivity index is 1.43. The van der Waals surface area contributed by atoms with Gasteiger partial charge in [-0.3, -0.25) is 4.79 Å².